The van der Waals surface area contributed by atoms with Crippen LogP contribution in [0.4, 0.5) is 5.69 Å². The van der Waals surface area contributed by atoms with Crippen LogP contribution in [-0.2, 0) is 14.3 Å². The highest BCUT2D eigenvalue weighted by molar-refractivity contribution is 5.84. The van der Waals surface area contributed by atoms with Crippen molar-refractivity contribution in [2.45, 2.75) is 25.8 Å². The summed E-state index contributed by atoms with van der Waals surface area (Å²) in [6, 6.07) is 16.1. The van der Waals surface area contributed by atoms with Gasteiger partial charge in [-0.05, 0) is 42.7 Å². The van der Waals surface area contributed by atoms with Gasteiger partial charge in [0.25, 0.3) is 0 Å². The van der Waals surface area contributed by atoms with E-state index in [0.717, 1.165) is 17.5 Å². The summed E-state index contributed by atoms with van der Waals surface area (Å²) in [6.45, 7) is 3.94. The van der Waals surface area contributed by atoms with Crippen LogP contribution in [0.5, 0.6) is 5.75 Å². The largest absolute Gasteiger partial charge is 0.497 e. The van der Waals surface area contributed by atoms with E-state index in [4.69, 9.17) is 9.47 Å². The SMILES string of the molecule is CCOC(=O)[C@@H](Nc1ccc(OC)cc1)[C@H](C=O)[C@@H](C)c1ccccc1. The fourth-order valence-corrected chi connectivity index (χ4v) is 2.88. The van der Waals surface area contributed by atoms with Crippen LogP contribution in [0, 0.1) is 5.92 Å². The Labute approximate surface area is 154 Å². The van der Waals surface area contributed by atoms with Crippen LogP contribution in [0.1, 0.15) is 25.3 Å². The molecule has 0 aliphatic heterocycles. The molecule has 0 radical (unpaired) electrons. The molecule has 0 amide bonds. The van der Waals surface area contributed by atoms with Gasteiger partial charge in [0.2, 0.25) is 0 Å². The molecule has 0 saturated carbocycles. The number of rotatable bonds is 9. The number of carbonyl (C=O) groups is 2. The minimum atomic E-state index is -0.781. The lowest BCUT2D eigenvalue weighted by Crippen LogP contribution is -2.41. The molecule has 0 bridgehead atoms. The van der Waals surface area contributed by atoms with Gasteiger partial charge >= 0.3 is 5.97 Å². The first-order valence-electron chi connectivity index (χ1n) is 8.68. The number of esters is 1. The third-order valence-corrected chi connectivity index (χ3v) is 4.40. The predicted molar refractivity (Wildman–Crippen MR) is 101 cm³/mol. The average molecular weight is 355 g/mol. The summed E-state index contributed by atoms with van der Waals surface area (Å²) in [5.74, 6) is -0.441. The second kappa shape index (κ2) is 9.61. The van der Waals surface area contributed by atoms with Crippen molar-refractivity contribution in [2.24, 2.45) is 5.92 Å². The van der Waals surface area contributed by atoms with Crippen molar-refractivity contribution in [3.8, 4) is 5.75 Å². The number of hydrogen-bond acceptors (Lipinski definition) is 5. The van der Waals surface area contributed by atoms with E-state index in [1.54, 1.807) is 38.3 Å². The van der Waals surface area contributed by atoms with Crippen molar-refractivity contribution in [1.29, 1.82) is 0 Å². The summed E-state index contributed by atoms with van der Waals surface area (Å²) >= 11 is 0. The molecule has 0 aromatic heterocycles. The van der Waals surface area contributed by atoms with Crippen molar-refractivity contribution in [2.75, 3.05) is 19.0 Å². The summed E-state index contributed by atoms with van der Waals surface area (Å²) in [5, 5.41) is 3.16. The van der Waals surface area contributed by atoms with Crippen molar-refractivity contribution in [1.82, 2.24) is 0 Å². The topological polar surface area (TPSA) is 64.6 Å². The molecule has 0 spiro atoms. The summed E-state index contributed by atoms with van der Waals surface area (Å²) in [7, 11) is 1.59. The van der Waals surface area contributed by atoms with E-state index in [-0.39, 0.29) is 12.5 Å². The lowest BCUT2D eigenvalue weighted by atomic mass is 9.83. The molecule has 0 fully saturated rings. The van der Waals surface area contributed by atoms with Crippen LogP contribution in [0.15, 0.2) is 54.6 Å². The quantitative estimate of drug-likeness (QED) is 0.549. The van der Waals surface area contributed by atoms with Gasteiger partial charge in [-0.3, -0.25) is 0 Å². The number of nitrogens with one attached hydrogen (secondary N) is 1. The molecule has 2 rings (SSSR count). The number of aldehydes is 1. The molecule has 0 unspecified atom stereocenters. The van der Waals surface area contributed by atoms with Crippen LogP contribution in [-0.4, -0.2) is 32.0 Å². The first-order valence-corrected chi connectivity index (χ1v) is 8.68. The van der Waals surface area contributed by atoms with E-state index in [1.165, 1.54) is 0 Å². The minimum absolute atomic E-state index is 0.145. The molecule has 138 valence electrons. The number of carbonyl (C=O) groups excluding carboxylic acids is 2. The summed E-state index contributed by atoms with van der Waals surface area (Å²) in [6.07, 6.45) is 0.829. The van der Waals surface area contributed by atoms with Crippen molar-refractivity contribution < 1.29 is 19.1 Å². The predicted octanol–water partition coefficient (Wildman–Crippen LogP) is 3.66. The van der Waals surface area contributed by atoms with Crippen LogP contribution >= 0.6 is 0 Å². The second-order valence-corrected chi connectivity index (χ2v) is 6.02. The standard InChI is InChI=1S/C21H25NO4/c1-4-26-21(24)20(22-17-10-12-18(25-3)13-11-17)19(14-23)15(2)16-8-6-5-7-9-16/h5-15,19-20,22H,4H2,1-3H3/t15-,19+,20-/m0/s1. The zero-order chi connectivity index (χ0) is 18.9. The van der Waals surface area contributed by atoms with Gasteiger partial charge in [-0.2, -0.15) is 0 Å². The van der Waals surface area contributed by atoms with Gasteiger partial charge in [0.15, 0.2) is 0 Å². The molecular weight excluding hydrogens is 330 g/mol. The Balaban J connectivity index is 2.28. The Bertz CT molecular complexity index is 700. The maximum absolute atomic E-state index is 12.5. The van der Waals surface area contributed by atoms with Crippen molar-refractivity contribution in [3.63, 3.8) is 0 Å². The maximum atomic E-state index is 12.5. The summed E-state index contributed by atoms with van der Waals surface area (Å²) in [5.41, 5.74) is 1.71. The van der Waals surface area contributed by atoms with E-state index < -0.39 is 17.9 Å². The smallest absolute Gasteiger partial charge is 0.329 e. The average Bonchev–Trinajstić information content (AvgIpc) is 2.69. The molecule has 1 N–H and O–H groups in total. The van der Waals surface area contributed by atoms with Crippen LogP contribution in [0.3, 0.4) is 0 Å². The lowest BCUT2D eigenvalue weighted by Gasteiger charge is -2.28. The highest BCUT2D eigenvalue weighted by Gasteiger charge is 2.34. The van der Waals surface area contributed by atoms with Gasteiger partial charge in [-0.15, -0.1) is 0 Å². The van der Waals surface area contributed by atoms with E-state index in [9.17, 15) is 9.59 Å². The van der Waals surface area contributed by atoms with Gasteiger partial charge in [0, 0.05) is 5.69 Å². The summed E-state index contributed by atoms with van der Waals surface area (Å²) < 4.78 is 10.4. The van der Waals surface area contributed by atoms with Crippen LogP contribution in [0.25, 0.3) is 0 Å². The van der Waals surface area contributed by atoms with E-state index in [2.05, 4.69) is 5.32 Å². The molecule has 0 aliphatic carbocycles. The second-order valence-electron chi connectivity index (χ2n) is 6.02. The van der Waals surface area contributed by atoms with E-state index in [1.807, 2.05) is 37.3 Å². The van der Waals surface area contributed by atoms with Crippen molar-refractivity contribution in [3.05, 3.63) is 60.2 Å². The zero-order valence-electron chi connectivity index (χ0n) is 15.3. The third kappa shape index (κ3) is 4.85. The molecule has 5 nitrogen and oxygen atoms in total. The molecule has 0 aliphatic rings. The number of methoxy groups -OCH3 is 1. The molecule has 3 atom stereocenters. The lowest BCUT2D eigenvalue weighted by molar-refractivity contribution is -0.146. The van der Waals surface area contributed by atoms with Crippen LogP contribution < -0.4 is 10.1 Å². The van der Waals surface area contributed by atoms with Gasteiger partial charge in [0.1, 0.15) is 18.1 Å². The van der Waals surface area contributed by atoms with Crippen molar-refractivity contribution >= 4 is 17.9 Å². The number of ether oxygens (including phenoxy) is 2. The fourth-order valence-electron chi connectivity index (χ4n) is 2.88. The maximum Gasteiger partial charge on any atom is 0.329 e. The Kier molecular flexibility index (Phi) is 7.21. The third-order valence-electron chi connectivity index (χ3n) is 4.40. The molecular formula is C21H25NO4. The molecule has 5 heteroatoms. The molecule has 2 aromatic rings. The molecule has 26 heavy (non-hydrogen) atoms. The monoisotopic (exact) mass is 355 g/mol. The summed E-state index contributed by atoms with van der Waals surface area (Å²) in [4.78, 5) is 24.4. The van der Waals surface area contributed by atoms with Gasteiger partial charge in [-0.25, -0.2) is 4.79 Å². The van der Waals surface area contributed by atoms with Gasteiger partial charge in [-0.1, -0.05) is 37.3 Å². The number of benzene rings is 2. The van der Waals surface area contributed by atoms with Gasteiger partial charge in [0.05, 0.1) is 19.6 Å². The highest BCUT2D eigenvalue weighted by Crippen LogP contribution is 2.28. The number of hydrogen-bond donors (Lipinski definition) is 1. The Hall–Kier alpha value is -2.82. The zero-order valence-corrected chi connectivity index (χ0v) is 15.3. The van der Waals surface area contributed by atoms with Gasteiger partial charge < -0.3 is 19.6 Å². The highest BCUT2D eigenvalue weighted by atomic mass is 16.5. The molecule has 0 saturated heterocycles. The Morgan fingerprint density at radius 3 is 2.31 bits per heavy atom. The first kappa shape index (κ1) is 19.5. The minimum Gasteiger partial charge on any atom is -0.497 e. The normalized spacial score (nSPS) is 14.0. The Morgan fingerprint density at radius 1 is 1.12 bits per heavy atom. The van der Waals surface area contributed by atoms with E-state index >= 15 is 0 Å². The molecule has 0 heterocycles. The van der Waals surface area contributed by atoms with E-state index in [0.29, 0.717) is 5.75 Å². The number of anilines is 1. The Morgan fingerprint density at radius 2 is 1.77 bits per heavy atom. The first-order chi connectivity index (χ1) is 12.6. The fraction of sp³-hybridized carbons (Fsp3) is 0.333. The molecule has 2 aromatic carbocycles. The van der Waals surface area contributed by atoms with Crippen LogP contribution in [0.2, 0.25) is 0 Å².